The average Bonchev–Trinajstić information content (AvgIpc) is 2.66. The second-order valence-electron chi connectivity index (χ2n) is 6.29. The molecular weight excluding hydrogens is 272 g/mol. The molecule has 20 heavy (non-hydrogen) atoms. The van der Waals surface area contributed by atoms with Gasteiger partial charge in [0.2, 0.25) is 0 Å². The Morgan fingerprint density at radius 1 is 1.35 bits per heavy atom. The van der Waals surface area contributed by atoms with Gasteiger partial charge in [-0.05, 0) is 38.4 Å². The lowest BCUT2D eigenvalue weighted by Crippen LogP contribution is -2.30. The van der Waals surface area contributed by atoms with E-state index in [4.69, 9.17) is 4.43 Å². The second kappa shape index (κ2) is 7.93. The fourth-order valence-electron chi connectivity index (χ4n) is 2.87. The van der Waals surface area contributed by atoms with Crippen LogP contribution in [0.5, 0.6) is 0 Å². The third-order valence-electron chi connectivity index (χ3n) is 4.08. The minimum absolute atomic E-state index is 0.204. The summed E-state index contributed by atoms with van der Waals surface area (Å²) in [6, 6.07) is 1.16. The summed E-state index contributed by atoms with van der Waals surface area (Å²) in [5.74, 6) is -0.383. The minimum Gasteiger partial charge on any atom is -0.418 e. The number of hydrogen-bond acceptors (Lipinski definition) is 4. The summed E-state index contributed by atoms with van der Waals surface area (Å²) in [5.41, 5.74) is 0. The van der Waals surface area contributed by atoms with Crippen LogP contribution in [-0.2, 0) is 18.8 Å². The van der Waals surface area contributed by atoms with Crippen LogP contribution in [0.2, 0.25) is 19.1 Å². The number of esters is 2. The summed E-state index contributed by atoms with van der Waals surface area (Å²) in [7, 11) is -1.50. The number of rotatable bonds is 9. The number of ether oxygens (including phenoxy) is 1. The van der Waals surface area contributed by atoms with Gasteiger partial charge < -0.3 is 9.16 Å². The molecule has 1 fully saturated rings. The Hall–Kier alpha value is -0.683. The first-order valence-electron chi connectivity index (χ1n) is 7.76. The lowest BCUT2D eigenvalue weighted by molar-refractivity contribution is -0.153. The zero-order valence-electron chi connectivity index (χ0n) is 13.2. The van der Waals surface area contributed by atoms with Crippen LogP contribution in [0, 0.1) is 11.8 Å². The van der Waals surface area contributed by atoms with Crippen molar-refractivity contribution in [2.45, 2.75) is 65.1 Å². The highest BCUT2D eigenvalue weighted by Crippen LogP contribution is 2.29. The van der Waals surface area contributed by atoms with Crippen molar-refractivity contribution in [3.63, 3.8) is 0 Å². The van der Waals surface area contributed by atoms with Crippen molar-refractivity contribution in [2.24, 2.45) is 11.8 Å². The predicted molar refractivity (Wildman–Crippen MR) is 80.8 cm³/mol. The molecule has 0 aromatic heterocycles. The fourth-order valence-corrected chi connectivity index (χ4v) is 4.85. The normalized spacial score (nSPS) is 21.1. The van der Waals surface area contributed by atoms with Crippen LogP contribution in [0.4, 0.5) is 0 Å². The maximum atomic E-state index is 11.5. The van der Waals surface area contributed by atoms with E-state index >= 15 is 0 Å². The van der Waals surface area contributed by atoms with Crippen LogP contribution >= 0.6 is 0 Å². The van der Waals surface area contributed by atoms with Crippen molar-refractivity contribution in [3.8, 4) is 0 Å². The van der Waals surface area contributed by atoms with Gasteiger partial charge in [0, 0.05) is 6.61 Å². The van der Waals surface area contributed by atoms with E-state index in [-0.39, 0.29) is 24.3 Å². The van der Waals surface area contributed by atoms with Crippen molar-refractivity contribution < 1.29 is 18.8 Å². The quantitative estimate of drug-likeness (QED) is 0.371. The van der Waals surface area contributed by atoms with Gasteiger partial charge in [-0.15, -0.1) is 0 Å². The van der Waals surface area contributed by atoms with Gasteiger partial charge in [-0.2, -0.15) is 0 Å². The van der Waals surface area contributed by atoms with E-state index in [0.29, 0.717) is 5.92 Å². The molecule has 0 N–H and O–H groups in total. The van der Waals surface area contributed by atoms with Gasteiger partial charge >= 0.3 is 11.9 Å². The first kappa shape index (κ1) is 17.4. The van der Waals surface area contributed by atoms with Crippen molar-refractivity contribution in [3.05, 3.63) is 0 Å². The predicted octanol–water partition coefficient (Wildman–Crippen LogP) is 3.51. The lowest BCUT2D eigenvalue weighted by atomic mass is 9.88. The van der Waals surface area contributed by atoms with Crippen LogP contribution in [0.25, 0.3) is 0 Å². The molecule has 0 radical (unpaired) electrons. The summed E-state index contributed by atoms with van der Waals surface area (Å²) >= 11 is 0. The molecule has 1 aliphatic rings. The maximum Gasteiger partial charge on any atom is 0.317 e. The van der Waals surface area contributed by atoms with Crippen LogP contribution in [0.3, 0.4) is 0 Å². The molecule has 116 valence electrons. The third-order valence-corrected chi connectivity index (χ3v) is 6.71. The smallest absolute Gasteiger partial charge is 0.317 e. The number of cyclic esters (lactones) is 2. The number of hydrogen-bond donors (Lipinski definition) is 0. The molecule has 0 aromatic rings. The molecule has 1 aliphatic heterocycles. The monoisotopic (exact) mass is 300 g/mol. The second-order valence-corrected chi connectivity index (χ2v) is 10.6. The molecule has 0 spiro atoms. The third kappa shape index (κ3) is 5.75. The van der Waals surface area contributed by atoms with Crippen molar-refractivity contribution in [1.29, 1.82) is 0 Å². The summed E-state index contributed by atoms with van der Waals surface area (Å²) in [5, 5.41) is 0. The van der Waals surface area contributed by atoms with Crippen LogP contribution in [0.1, 0.15) is 46.0 Å². The van der Waals surface area contributed by atoms with Gasteiger partial charge in [0.25, 0.3) is 0 Å². The first-order chi connectivity index (χ1) is 9.38. The molecule has 2 atom stereocenters. The Bertz CT molecular complexity index is 341. The van der Waals surface area contributed by atoms with Gasteiger partial charge in [-0.3, -0.25) is 9.59 Å². The molecule has 0 saturated carbocycles. The first-order valence-corrected chi connectivity index (χ1v) is 10.9. The zero-order valence-corrected chi connectivity index (χ0v) is 14.2. The Morgan fingerprint density at radius 2 is 2.05 bits per heavy atom. The van der Waals surface area contributed by atoms with Gasteiger partial charge in [-0.25, -0.2) is 0 Å². The van der Waals surface area contributed by atoms with E-state index in [2.05, 4.69) is 24.8 Å². The summed E-state index contributed by atoms with van der Waals surface area (Å²) < 4.78 is 10.4. The van der Waals surface area contributed by atoms with Crippen LogP contribution < -0.4 is 0 Å². The Labute approximate surface area is 123 Å². The van der Waals surface area contributed by atoms with Gasteiger partial charge in [-0.1, -0.05) is 26.2 Å². The molecule has 1 rings (SSSR count). The molecule has 0 amide bonds. The molecule has 4 nitrogen and oxygen atoms in total. The summed E-state index contributed by atoms with van der Waals surface area (Å²) in [6.07, 6.45) is 4.37. The van der Waals surface area contributed by atoms with Crippen LogP contribution in [0.15, 0.2) is 0 Å². The summed E-state index contributed by atoms with van der Waals surface area (Å²) in [4.78, 5) is 22.6. The molecule has 2 unspecified atom stereocenters. The molecule has 0 bridgehead atoms. The van der Waals surface area contributed by atoms with Crippen molar-refractivity contribution >= 4 is 20.3 Å². The molecule has 5 heteroatoms. The van der Waals surface area contributed by atoms with Crippen molar-refractivity contribution in [2.75, 3.05) is 6.61 Å². The molecule has 0 aromatic carbocycles. The zero-order chi connectivity index (χ0) is 15.2. The lowest BCUT2D eigenvalue weighted by Gasteiger charge is -2.23. The fraction of sp³-hybridized carbons (Fsp3) is 0.867. The standard InChI is InChI=1S/C15H28O4Si/c1-5-12(8-7-9-20(3,4)18-6-2)10-13-11-14(16)19-15(13)17/h12-13H,5-11H2,1-4H3. The highest BCUT2D eigenvalue weighted by atomic mass is 28.4. The average molecular weight is 300 g/mol. The van der Waals surface area contributed by atoms with Gasteiger partial charge in [0.1, 0.15) is 0 Å². The highest BCUT2D eigenvalue weighted by molar-refractivity contribution is 6.71. The molecule has 1 saturated heterocycles. The van der Waals surface area contributed by atoms with E-state index in [1.54, 1.807) is 0 Å². The van der Waals surface area contributed by atoms with Crippen molar-refractivity contribution in [1.82, 2.24) is 0 Å². The molecule has 0 aliphatic carbocycles. The Morgan fingerprint density at radius 3 is 2.55 bits per heavy atom. The minimum atomic E-state index is -1.50. The Kier molecular flexibility index (Phi) is 6.89. The van der Waals surface area contributed by atoms with E-state index in [0.717, 1.165) is 38.3 Å². The molecule has 1 heterocycles. The molecular formula is C15H28O4Si. The van der Waals surface area contributed by atoms with E-state index in [1.807, 2.05) is 6.92 Å². The summed E-state index contributed by atoms with van der Waals surface area (Å²) in [6.45, 7) is 9.51. The van der Waals surface area contributed by atoms with Gasteiger partial charge in [0.15, 0.2) is 8.32 Å². The van der Waals surface area contributed by atoms with Crippen LogP contribution in [-0.4, -0.2) is 26.9 Å². The van der Waals surface area contributed by atoms with E-state index in [1.165, 1.54) is 0 Å². The number of carbonyl (C=O) groups excluding carboxylic acids is 2. The maximum absolute atomic E-state index is 11.5. The topological polar surface area (TPSA) is 52.6 Å². The number of carbonyl (C=O) groups is 2. The highest BCUT2D eigenvalue weighted by Gasteiger charge is 2.34. The largest absolute Gasteiger partial charge is 0.418 e. The van der Waals surface area contributed by atoms with Gasteiger partial charge in [0.05, 0.1) is 12.3 Å². The SMILES string of the molecule is CCO[Si](C)(C)CCCC(CC)CC1CC(=O)OC1=O. The Balaban J connectivity index is 2.33. The van der Waals surface area contributed by atoms with E-state index in [9.17, 15) is 9.59 Å². The van der Waals surface area contributed by atoms with E-state index < -0.39 is 8.32 Å².